The van der Waals surface area contributed by atoms with E-state index in [-0.39, 0.29) is 0 Å². The number of nitrogens with zero attached hydrogens (tertiary/aromatic N) is 4. The summed E-state index contributed by atoms with van der Waals surface area (Å²) in [5, 5.41) is 15.5. The molecule has 0 fully saturated rings. The van der Waals surface area contributed by atoms with Crippen LogP contribution in [0, 0.1) is 0 Å². The van der Waals surface area contributed by atoms with Gasteiger partial charge in [-0.25, -0.2) is 0 Å². The highest BCUT2D eigenvalue weighted by Crippen LogP contribution is 2.20. The van der Waals surface area contributed by atoms with E-state index in [2.05, 4.69) is 38.9 Å². The van der Waals surface area contributed by atoms with Crippen LogP contribution in [0.25, 0.3) is 0 Å². The van der Waals surface area contributed by atoms with Gasteiger partial charge in [0.2, 0.25) is 0 Å². The minimum atomic E-state index is 0.775. The Balaban J connectivity index is 1.92. The zero-order valence-corrected chi connectivity index (χ0v) is 9.85. The number of tetrazole rings is 1. The lowest BCUT2D eigenvalue weighted by Gasteiger charge is -2.19. The SMILES string of the molecule is Cn1nnc(Cc2cccc3c2CCNC3)n1. The Labute approximate surface area is 99.8 Å². The lowest BCUT2D eigenvalue weighted by atomic mass is 9.94. The summed E-state index contributed by atoms with van der Waals surface area (Å²) in [6, 6.07) is 6.47. The second kappa shape index (κ2) is 4.25. The fourth-order valence-electron chi connectivity index (χ4n) is 2.34. The molecule has 1 aliphatic rings. The van der Waals surface area contributed by atoms with Crippen LogP contribution in [0.3, 0.4) is 0 Å². The Bertz CT molecular complexity index is 531. The van der Waals surface area contributed by atoms with Crippen LogP contribution in [0.1, 0.15) is 22.5 Å². The van der Waals surface area contributed by atoms with Gasteiger partial charge >= 0.3 is 0 Å². The van der Waals surface area contributed by atoms with Gasteiger partial charge in [-0.05, 0) is 34.9 Å². The summed E-state index contributed by atoms with van der Waals surface area (Å²) in [6.07, 6.45) is 1.86. The standard InChI is InChI=1S/C12H15N5/c1-17-15-12(14-16-17)7-9-3-2-4-10-8-13-6-5-11(9)10/h2-4,13H,5-8H2,1H3. The molecule has 17 heavy (non-hydrogen) atoms. The maximum Gasteiger partial charge on any atom is 0.179 e. The van der Waals surface area contributed by atoms with Crippen molar-refractivity contribution in [1.29, 1.82) is 0 Å². The quantitative estimate of drug-likeness (QED) is 0.812. The first kappa shape index (κ1) is 10.4. The second-order valence-corrected chi connectivity index (χ2v) is 4.35. The molecule has 0 unspecified atom stereocenters. The van der Waals surface area contributed by atoms with Gasteiger partial charge in [-0.3, -0.25) is 0 Å². The minimum Gasteiger partial charge on any atom is -0.312 e. The van der Waals surface area contributed by atoms with Gasteiger partial charge in [0.1, 0.15) is 0 Å². The summed E-state index contributed by atoms with van der Waals surface area (Å²) in [6.45, 7) is 2.02. The molecule has 0 atom stereocenters. The van der Waals surface area contributed by atoms with Crippen LogP contribution in [-0.2, 0) is 26.4 Å². The molecule has 2 heterocycles. The van der Waals surface area contributed by atoms with E-state index >= 15 is 0 Å². The number of hydrogen-bond acceptors (Lipinski definition) is 4. The smallest absolute Gasteiger partial charge is 0.179 e. The van der Waals surface area contributed by atoms with Crippen LogP contribution in [-0.4, -0.2) is 26.8 Å². The Kier molecular flexibility index (Phi) is 2.60. The van der Waals surface area contributed by atoms with Crippen LogP contribution in [0.2, 0.25) is 0 Å². The minimum absolute atomic E-state index is 0.775. The third-order valence-corrected chi connectivity index (χ3v) is 3.14. The van der Waals surface area contributed by atoms with E-state index in [1.807, 2.05) is 0 Å². The molecule has 0 bridgehead atoms. The molecule has 5 heteroatoms. The molecule has 3 rings (SSSR count). The average molecular weight is 229 g/mol. The van der Waals surface area contributed by atoms with Gasteiger partial charge in [0.25, 0.3) is 0 Å². The van der Waals surface area contributed by atoms with Crippen LogP contribution in [0.5, 0.6) is 0 Å². The number of fused-ring (bicyclic) bond motifs is 1. The van der Waals surface area contributed by atoms with Crippen LogP contribution in [0.4, 0.5) is 0 Å². The molecule has 1 N–H and O–H groups in total. The largest absolute Gasteiger partial charge is 0.312 e. The highest BCUT2D eigenvalue weighted by Gasteiger charge is 2.13. The van der Waals surface area contributed by atoms with Crippen LogP contribution >= 0.6 is 0 Å². The third-order valence-electron chi connectivity index (χ3n) is 3.14. The van der Waals surface area contributed by atoms with Crippen molar-refractivity contribution in [3.05, 3.63) is 40.7 Å². The number of benzene rings is 1. The normalized spacial score (nSPS) is 14.6. The predicted octanol–water partition coefficient (Wildman–Crippen LogP) is 0.447. The van der Waals surface area contributed by atoms with Gasteiger partial charge < -0.3 is 5.32 Å². The van der Waals surface area contributed by atoms with Gasteiger partial charge in [-0.2, -0.15) is 4.80 Å². The molecule has 0 spiro atoms. The van der Waals surface area contributed by atoms with Gasteiger partial charge in [0.05, 0.1) is 7.05 Å². The molecular weight excluding hydrogens is 214 g/mol. The molecule has 2 aromatic rings. The molecule has 1 aromatic carbocycles. The van der Waals surface area contributed by atoms with Gasteiger partial charge in [-0.1, -0.05) is 18.2 Å². The van der Waals surface area contributed by atoms with E-state index in [1.54, 1.807) is 7.05 Å². The molecule has 0 saturated heterocycles. The average Bonchev–Trinajstić information content (AvgIpc) is 2.75. The van der Waals surface area contributed by atoms with Crippen molar-refractivity contribution in [2.75, 3.05) is 6.54 Å². The van der Waals surface area contributed by atoms with Crippen molar-refractivity contribution in [1.82, 2.24) is 25.5 Å². The number of rotatable bonds is 2. The fraction of sp³-hybridized carbons (Fsp3) is 0.417. The van der Waals surface area contributed by atoms with E-state index in [0.717, 1.165) is 31.8 Å². The zero-order valence-electron chi connectivity index (χ0n) is 9.85. The second-order valence-electron chi connectivity index (χ2n) is 4.35. The Morgan fingerprint density at radius 1 is 1.41 bits per heavy atom. The first-order chi connectivity index (χ1) is 8.33. The molecule has 0 radical (unpaired) electrons. The first-order valence-electron chi connectivity index (χ1n) is 5.86. The van der Waals surface area contributed by atoms with Gasteiger partial charge in [-0.15, -0.1) is 10.2 Å². The fourth-order valence-corrected chi connectivity index (χ4v) is 2.34. The summed E-state index contributed by atoms with van der Waals surface area (Å²) in [4.78, 5) is 1.51. The van der Waals surface area contributed by atoms with E-state index in [0.29, 0.717) is 0 Å². The molecule has 0 aliphatic carbocycles. The zero-order chi connectivity index (χ0) is 11.7. The van der Waals surface area contributed by atoms with Crippen molar-refractivity contribution < 1.29 is 0 Å². The predicted molar refractivity (Wildman–Crippen MR) is 63.5 cm³/mol. The molecule has 88 valence electrons. The van der Waals surface area contributed by atoms with E-state index in [9.17, 15) is 0 Å². The maximum atomic E-state index is 4.23. The highest BCUT2D eigenvalue weighted by molar-refractivity contribution is 5.38. The van der Waals surface area contributed by atoms with E-state index in [4.69, 9.17) is 0 Å². The lowest BCUT2D eigenvalue weighted by Crippen LogP contribution is -2.24. The highest BCUT2D eigenvalue weighted by atomic mass is 15.6. The Morgan fingerprint density at radius 2 is 2.35 bits per heavy atom. The maximum absolute atomic E-state index is 4.23. The van der Waals surface area contributed by atoms with Crippen molar-refractivity contribution in [3.63, 3.8) is 0 Å². The number of aryl methyl sites for hydroxylation is 1. The van der Waals surface area contributed by atoms with Crippen molar-refractivity contribution in [3.8, 4) is 0 Å². The molecule has 0 amide bonds. The van der Waals surface area contributed by atoms with E-state index in [1.165, 1.54) is 21.5 Å². The molecule has 5 nitrogen and oxygen atoms in total. The summed E-state index contributed by atoms with van der Waals surface area (Å²) >= 11 is 0. The van der Waals surface area contributed by atoms with Crippen LogP contribution < -0.4 is 5.32 Å². The molecule has 1 aliphatic heterocycles. The first-order valence-corrected chi connectivity index (χ1v) is 5.86. The lowest BCUT2D eigenvalue weighted by molar-refractivity contribution is 0.627. The number of aromatic nitrogens is 4. The molecule has 0 saturated carbocycles. The Hall–Kier alpha value is -1.75. The van der Waals surface area contributed by atoms with Crippen molar-refractivity contribution >= 4 is 0 Å². The topological polar surface area (TPSA) is 55.6 Å². The number of hydrogen-bond donors (Lipinski definition) is 1. The van der Waals surface area contributed by atoms with Crippen molar-refractivity contribution in [2.45, 2.75) is 19.4 Å². The van der Waals surface area contributed by atoms with Gasteiger partial charge in [0, 0.05) is 13.0 Å². The Morgan fingerprint density at radius 3 is 3.18 bits per heavy atom. The summed E-state index contributed by atoms with van der Waals surface area (Å²) in [5.41, 5.74) is 4.19. The number of nitrogens with one attached hydrogen (secondary N) is 1. The molecule has 1 aromatic heterocycles. The molecular formula is C12H15N5. The third kappa shape index (κ3) is 2.06. The monoisotopic (exact) mass is 229 g/mol. The van der Waals surface area contributed by atoms with E-state index < -0.39 is 0 Å². The summed E-state index contributed by atoms with van der Waals surface area (Å²) in [5.74, 6) is 0.791. The van der Waals surface area contributed by atoms with Gasteiger partial charge in [0.15, 0.2) is 5.82 Å². The van der Waals surface area contributed by atoms with Crippen molar-refractivity contribution in [2.24, 2.45) is 7.05 Å². The summed E-state index contributed by atoms with van der Waals surface area (Å²) in [7, 11) is 1.79. The van der Waals surface area contributed by atoms with Crippen LogP contribution in [0.15, 0.2) is 18.2 Å². The summed E-state index contributed by atoms with van der Waals surface area (Å²) < 4.78 is 0.